The first-order valence-electron chi connectivity index (χ1n) is 10.1. The minimum Gasteiger partial charge on any atom is -0.309 e. The van der Waals surface area contributed by atoms with E-state index in [4.69, 9.17) is 4.98 Å². The lowest BCUT2D eigenvalue weighted by atomic mass is 10.1. The number of fused-ring (bicyclic) bond motifs is 2. The second-order valence-corrected chi connectivity index (χ2v) is 9.70. The van der Waals surface area contributed by atoms with Crippen LogP contribution in [0, 0.1) is 6.92 Å². The number of sulfonamides is 1. The van der Waals surface area contributed by atoms with E-state index in [0.717, 1.165) is 34.3 Å². The highest BCUT2D eigenvalue weighted by molar-refractivity contribution is 7.89. The predicted octanol–water partition coefficient (Wildman–Crippen LogP) is 3.78. The van der Waals surface area contributed by atoms with Crippen LogP contribution in [0.15, 0.2) is 65.7 Å². The van der Waals surface area contributed by atoms with Crippen LogP contribution in [0.3, 0.4) is 0 Å². The number of nitrogens with zero attached hydrogens (tertiary/aromatic N) is 5. The third-order valence-electron chi connectivity index (χ3n) is 5.20. The standard InChI is InChI=1S/C22H20N6O2S2/c1-15-8-10-16(11-9-15)21-25-18-6-3-12-23-22(18)28(21)14-4-13-24-32(29,30)19-7-2-5-17-20(19)27-31-26-17/h2-3,5-12,24H,4,13-14H2,1H3. The molecule has 1 N–H and O–H groups in total. The molecule has 0 atom stereocenters. The molecule has 0 saturated heterocycles. The van der Waals surface area contributed by atoms with Crippen LogP contribution in [0.25, 0.3) is 33.6 Å². The van der Waals surface area contributed by atoms with Gasteiger partial charge < -0.3 is 4.57 Å². The maximum atomic E-state index is 12.8. The molecule has 162 valence electrons. The van der Waals surface area contributed by atoms with Gasteiger partial charge >= 0.3 is 0 Å². The topological polar surface area (TPSA) is 103 Å². The van der Waals surface area contributed by atoms with Crippen LogP contribution in [0.1, 0.15) is 12.0 Å². The van der Waals surface area contributed by atoms with Crippen LogP contribution >= 0.6 is 11.7 Å². The molecule has 0 aliphatic heterocycles. The Hall–Kier alpha value is -3.21. The fraction of sp³-hybridized carbons (Fsp3) is 0.182. The molecular weight excluding hydrogens is 444 g/mol. The number of hydrogen-bond donors (Lipinski definition) is 1. The van der Waals surface area contributed by atoms with Crippen LogP contribution < -0.4 is 4.72 Å². The molecule has 0 aliphatic carbocycles. The summed E-state index contributed by atoms with van der Waals surface area (Å²) in [4.78, 5) is 9.41. The minimum absolute atomic E-state index is 0.152. The molecular formula is C22H20N6O2S2. The van der Waals surface area contributed by atoms with Crippen molar-refractivity contribution in [2.45, 2.75) is 24.8 Å². The molecule has 32 heavy (non-hydrogen) atoms. The van der Waals surface area contributed by atoms with E-state index in [1.807, 2.05) is 35.8 Å². The fourth-order valence-corrected chi connectivity index (χ4v) is 5.45. The Morgan fingerprint density at radius 1 is 1.00 bits per heavy atom. The highest BCUT2D eigenvalue weighted by Crippen LogP contribution is 2.25. The summed E-state index contributed by atoms with van der Waals surface area (Å²) in [5.74, 6) is 0.819. The summed E-state index contributed by atoms with van der Waals surface area (Å²) in [5, 5.41) is 0. The van der Waals surface area contributed by atoms with Gasteiger partial charge in [0.2, 0.25) is 10.0 Å². The van der Waals surface area contributed by atoms with Gasteiger partial charge in [0.05, 0.1) is 11.7 Å². The van der Waals surface area contributed by atoms with Gasteiger partial charge in [-0.15, -0.1) is 0 Å². The van der Waals surface area contributed by atoms with Crippen molar-refractivity contribution in [1.29, 1.82) is 0 Å². The molecule has 5 rings (SSSR count). The number of aryl methyl sites for hydroxylation is 2. The predicted molar refractivity (Wildman–Crippen MR) is 125 cm³/mol. The van der Waals surface area contributed by atoms with Gasteiger partial charge in [-0.3, -0.25) is 0 Å². The molecule has 8 nitrogen and oxygen atoms in total. The van der Waals surface area contributed by atoms with Gasteiger partial charge in [0.1, 0.15) is 27.3 Å². The maximum absolute atomic E-state index is 12.8. The SMILES string of the molecule is Cc1ccc(-c2nc3cccnc3n2CCCNS(=O)(=O)c2cccc3nsnc23)cc1. The molecule has 10 heteroatoms. The molecule has 3 aromatic heterocycles. The van der Waals surface area contributed by atoms with E-state index >= 15 is 0 Å². The van der Waals surface area contributed by atoms with Gasteiger partial charge in [-0.1, -0.05) is 35.9 Å². The van der Waals surface area contributed by atoms with E-state index in [1.165, 1.54) is 5.56 Å². The van der Waals surface area contributed by atoms with Gasteiger partial charge in [-0.05, 0) is 37.6 Å². The van der Waals surface area contributed by atoms with Gasteiger partial charge in [0.25, 0.3) is 0 Å². The van der Waals surface area contributed by atoms with E-state index in [-0.39, 0.29) is 11.4 Å². The maximum Gasteiger partial charge on any atom is 0.242 e. The fourth-order valence-electron chi connectivity index (χ4n) is 3.61. The average molecular weight is 465 g/mol. The molecule has 0 aliphatic rings. The number of aromatic nitrogens is 5. The summed E-state index contributed by atoms with van der Waals surface area (Å²) in [7, 11) is -3.69. The van der Waals surface area contributed by atoms with E-state index in [9.17, 15) is 8.42 Å². The number of nitrogens with one attached hydrogen (secondary N) is 1. The molecule has 0 amide bonds. The highest BCUT2D eigenvalue weighted by atomic mass is 32.2. The van der Waals surface area contributed by atoms with Gasteiger partial charge in [-0.2, -0.15) is 8.75 Å². The Balaban J connectivity index is 1.36. The first-order valence-corrected chi connectivity index (χ1v) is 12.3. The number of hydrogen-bond acceptors (Lipinski definition) is 7. The lowest BCUT2D eigenvalue weighted by Crippen LogP contribution is -2.26. The van der Waals surface area contributed by atoms with Crippen LogP contribution in [0.2, 0.25) is 0 Å². The van der Waals surface area contributed by atoms with Crippen molar-refractivity contribution in [1.82, 2.24) is 28.0 Å². The second-order valence-electron chi connectivity index (χ2n) is 7.44. The van der Waals surface area contributed by atoms with E-state index in [0.29, 0.717) is 24.0 Å². The Kier molecular flexibility index (Phi) is 5.41. The largest absolute Gasteiger partial charge is 0.309 e. The molecule has 0 spiro atoms. The Morgan fingerprint density at radius 2 is 1.81 bits per heavy atom. The van der Waals surface area contributed by atoms with Crippen molar-refractivity contribution in [2.75, 3.05) is 6.54 Å². The summed E-state index contributed by atoms with van der Waals surface area (Å²) in [6.45, 7) is 2.89. The van der Waals surface area contributed by atoms with Gasteiger partial charge in [0.15, 0.2) is 5.65 Å². The normalized spacial score (nSPS) is 12.0. The summed E-state index contributed by atoms with van der Waals surface area (Å²) in [6.07, 6.45) is 2.32. The number of pyridine rings is 1. The lowest BCUT2D eigenvalue weighted by Gasteiger charge is -2.10. The van der Waals surface area contributed by atoms with Gasteiger partial charge in [0, 0.05) is 24.8 Å². The number of rotatable bonds is 7. The van der Waals surface area contributed by atoms with E-state index < -0.39 is 10.0 Å². The summed E-state index contributed by atoms with van der Waals surface area (Å²) in [6, 6.07) is 17.0. The molecule has 0 radical (unpaired) electrons. The van der Waals surface area contributed by atoms with E-state index in [2.05, 4.69) is 30.6 Å². The van der Waals surface area contributed by atoms with Crippen LogP contribution in [0.4, 0.5) is 0 Å². The molecule has 2 aromatic carbocycles. The monoisotopic (exact) mass is 464 g/mol. The Morgan fingerprint density at radius 3 is 2.66 bits per heavy atom. The summed E-state index contributed by atoms with van der Waals surface area (Å²) >= 11 is 1.00. The molecule has 3 heterocycles. The molecule has 5 aromatic rings. The zero-order valence-corrected chi connectivity index (χ0v) is 18.9. The first-order chi connectivity index (χ1) is 15.5. The van der Waals surface area contributed by atoms with Crippen LogP contribution in [-0.4, -0.2) is 38.2 Å². The van der Waals surface area contributed by atoms with Crippen molar-refractivity contribution in [3.05, 3.63) is 66.4 Å². The zero-order valence-electron chi connectivity index (χ0n) is 17.3. The molecule has 0 unspecified atom stereocenters. The molecule has 0 fully saturated rings. The first kappa shape index (κ1) is 20.7. The van der Waals surface area contributed by atoms with Crippen molar-refractivity contribution in [3.8, 4) is 11.4 Å². The molecule has 0 bridgehead atoms. The van der Waals surface area contributed by atoms with Crippen LogP contribution in [0.5, 0.6) is 0 Å². The smallest absolute Gasteiger partial charge is 0.242 e. The Labute approximate surface area is 189 Å². The quantitative estimate of drug-likeness (QED) is 0.368. The average Bonchev–Trinajstić information content (AvgIpc) is 3.42. The van der Waals surface area contributed by atoms with Crippen molar-refractivity contribution in [3.63, 3.8) is 0 Å². The number of imidazole rings is 1. The van der Waals surface area contributed by atoms with Crippen molar-refractivity contribution < 1.29 is 8.42 Å². The van der Waals surface area contributed by atoms with Crippen LogP contribution in [-0.2, 0) is 16.6 Å². The summed E-state index contributed by atoms with van der Waals surface area (Å²) < 4.78 is 38.6. The Bertz CT molecular complexity index is 1510. The summed E-state index contributed by atoms with van der Waals surface area (Å²) in [5.41, 5.74) is 4.75. The van der Waals surface area contributed by atoms with Crippen molar-refractivity contribution >= 4 is 43.9 Å². The van der Waals surface area contributed by atoms with E-state index in [1.54, 1.807) is 24.4 Å². The minimum atomic E-state index is -3.69. The highest BCUT2D eigenvalue weighted by Gasteiger charge is 2.19. The van der Waals surface area contributed by atoms with Crippen molar-refractivity contribution in [2.24, 2.45) is 0 Å². The zero-order chi connectivity index (χ0) is 22.1. The lowest BCUT2D eigenvalue weighted by molar-refractivity contribution is 0.572. The molecule has 0 saturated carbocycles. The third kappa shape index (κ3) is 3.88. The second kappa shape index (κ2) is 8.38. The van der Waals surface area contributed by atoms with Gasteiger partial charge in [-0.25, -0.2) is 23.1 Å². The third-order valence-corrected chi connectivity index (χ3v) is 7.24. The number of benzene rings is 2.